The Morgan fingerprint density at radius 3 is 2.63 bits per heavy atom. The third kappa shape index (κ3) is 4.72. The molecule has 1 atom stereocenters. The van der Waals surface area contributed by atoms with Crippen molar-refractivity contribution in [2.45, 2.75) is 70.6 Å². The number of hydrogen-bond acceptors (Lipinski definition) is 5. The summed E-state index contributed by atoms with van der Waals surface area (Å²) in [6.45, 7) is 5.24. The van der Waals surface area contributed by atoms with Crippen LogP contribution in [0.2, 0.25) is 0 Å². The first-order valence-corrected chi connectivity index (χ1v) is 10.8. The van der Waals surface area contributed by atoms with Gasteiger partial charge in [0.05, 0.1) is 17.8 Å². The van der Waals surface area contributed by atoms with Crippen LogP contribution in [0.15, 0.2) is 23.0 Å². The second-order valence-electron chi connectivity index (χ2n) is 8.31. The zero-order valence-electron chi connectivity index (χ0n) is 17.6. The van der Waals surface area contributed by atoms with Crippen LogP contribution in [0.1, 0.15) is 56.0 Å². The molecule has 162 valence electrons. The predicted octanol–water partition coefficient (Wildman–Crippen LogP) is 2.01. The fourth-order valence-corrected chi connectivity index (χ4v) is 4.36. The highest BCUT2D eigenvalue weighted by molar-refractivity contribution is 5.74. The average Bonchev–Trinajstić information content (AvgIpc) is 3.37. The molecule has 1 unspecified atom stereocenters. The van der Waals surface area contributed by atoms with Crippen LogP contribution < -0.4 is 16.2 Å². The number of hydrogen-bond donors (Lipinski definition) is 2. The van der Waals surface area contributed by atoms with E-state index in [9.17, 15) is 9.59 Å². The van der Waals surface area contributed by atoms with Crippen molar-refractivity contribution in [3.05, 3.63) is 39.9 Å². The molecule has 4 rings (SSSR count). The predicted molar refractivity (Wildman–Crippen MR) is 112 cm³/mol. The Labute approximate surface area is 175 Å². The van der Waals surface area contributed by atoms with E-state index in [-0.39, 0.29) is 29.8 Å². The Balaban J connectivity index is 1.33. The van der Waals surface area contributed by atoms with Gasteiger partial charge < -0.3 is 15.4 Å². The Hall–Kier alpha value is -2.68. The molecule has 0 spiro atoms. The maximum atomic E-state index is 12.4. The lowest BCUT2D eigenvalue weighted by Crippen LogP contribution is -2.46. The van der Waals surface area contributed by atoms with Gasteiger partial charge in [-0.2, -0.15) is 5.10 Å². The summed E-state index contributed by atoms with van der Waals surface area (Å²) in [7, 11) is 0. The van der Waals surface area contributed by atoms with E-state index in [0.717, 1.165) is 56.5 Å². The quantitative estimate of drug-likeness (QED) is 0.779. The van der Waals surface area contributed by atoms with Gasteiger partial charge in [-0.05, 0) is 64.5 Å². The van der Waals surface area contributed by atoms with Crippen molar-refractivity contribution < 1.29 is 9.53 Å². The number of ether oxygens (including phenoxy) is 1. The van der Waals surface area contributed by atoms with E-state index < -0.39 is 0 Å². The van der Waals surface area contributed by atoms with Crippen molar-refractivity contribution in [3.63, 3.8) is 0 Å². The first-order chi connectivity index (χ1) is 14.5. The monoisotopic (exact) mass is 414 g/mol. The largest absolute Gasteiger partial charge is 0.376 e. The van der Waals surface area contributed by atoms with E-state index in [2.05, 4.69) is 20.8 Å². The Bertz CT molecular complexity index is 938. The maximum absolute atomic E-state index is 12.4. The number of nitrogens with one attached hydrogen (secondary N) is 2. The van der Waals surface area contributed by atoms with Crippen LogP contribution in [-0.4, -0.2) is 50.9 Å². The zero-order chi connectivity index (χ0) is 21.1. The number of aromatic nitrogens is 4. The minimum Gasteiger partial charge on any atom is -0.376 e. The van der Waals surface area contributed by atoms with E-state index in [1.165, 1.54) is 0 Å². The molecule has 9 heteroatoms. The molecular weight excluding hydrogens is 384 g/mol. The number of aryl methyl sites for hydroxylation is 2. The fourth-order valence-electron chi connectivity index (χ4n) is 4.36. The van der Waals surface area contributed by atoms with Crippen LogP contribution in [0.5, 0.6) is 0 Å². The van der Waals surface area contributed by atoms with Crippen LogP contribution in [0.25, 0.3) is 5.82 Å². The number of amides is 2. The van der Waals surface area contributed by atoms with Crippen molar-refractivity contribution in [2.24, 2.45) is 0 Å². The third-order valence-corrected chi connectivity index (χ3v) is 5.93. The second-order valence-corrected chi connectivity index (χ2v) is 8.31. The van der Waals surface area contributed by atoms with Gasteiger partial charge in [-0.3, -0.25) is 4.79 Å². The Morgan fingerprint density at radius 1 is 1.17 bits per heavy atom. The summed E-state index contributed by atoms with van der Waals surface area (Å²) in [5.41, 5.74) is 1.79. The van der Waals surface area contributed by atoms with E-state index in [0.29, 0.717) is 12.4 Å². The maximum Gasteiger partial charge on any atom is 0.315 e. The highest BCUT2D eigenvalue weighted by Crippen LogP contribution is 2.27. The Kier molecular flexibility index (Phi) is 6.17. The number of carbonyl (C=O) groups is 1. The molecule has 9 nitrogen and oxygen atoms in total. The molecule has 1 saturated carbocycles. The first-order valence-electron chi connectivity index (χ1n) is 10.8. The van der Waals surface area contributed by atoms with E-state index in [1.54, 1.807) is 21.5 Å². The Morgan fingerprint density at radius 2 is 1.97 bits per heavy atom. The topological polar surface area (TPSA) is 103 Å². The van der Waals surface area contributed by atoms with Gasteiger partial charge in [0, 0.05) is 31.0 Å². The summed E-state index contributed by atoms with van der Waals surface area (Å²) in [5.74, 6) is 0.647. The lowest BCUT2D eigenvalue weighted by Gasteiger charge is -2.29. The van der Waals surface area contributed by atoms with Crippen LogP contribution in [0.3, 0.4) is 0 Å². The molecule has 0 aromatic carbocycles. The molecule has 1 aliphatic carbocycles. The molecule has 2 N–H and O–H groups in total. The summed E-state index contributed by atoms with van der Waals surface area (Å²) in [6, 6.07) is 5.25. The van der Waals surface area contributed by atoms with E-state index in [4.69, 9.17) is 4.74 Å². The van der Waals surface area contributed by atoms with Gasteiger partial charge in [0.2, 0.25) is 0 Å². The zero-order valence-corrected chi connectivity index (χ0v) is 17.6. The van der Waals surface area contributed by atoms with Crippen molar-refractivity contribution >= 4 is 6.03 Å². The number of rotatable bonds is 5. The average molecular weight is 415 g/mol. The van der Waals surface area contributed by atoms with Crippen LogP contribution in [-0.2, 0) is 4.74 Å². The highest BCUT2D eigenvalue weighted by Gasteiger charge is 2.25. The van der Waals surface area contributed by atoms with Gasteiger partial charge in [-0.1, -0.05) is 0 Å². The standard InChI is InChI=1S/C21H30N6O3/c1-14-12-15(2)26(24-14)19-9-10-20(28)27(25-19)17-7-5-16(6-8-17)23-21(29)22-13-18-4-3-11-30-18/h9-10,12,16-18H,3-8,11,13H2,1-2H3,(H2,22,23,29). The number of carbonyl (C=O) groups excluding carboxylic acids is 1. The first kappa shape index (κ1) is 20.6. The number of nitrogens with zero attached hydrogens (tertiary/aromatic N) is 4. The lowest BCUT2D eigenvalue weighted by atomic mass is 9.91. The van der Waals surface area contributed by atoms with Gasteiger partial charge >= 0.3 is 6.03 Å². The summed E-state index contributed by atoms with van der Waals surface area (Å²) in [6.07, 6.45) is 5.43. The SMILES string of the molecule is Cc1cc(C)n(-c2ccc(=O)n(C3CCC(NC(=O)NCC4CCCO4)CC3)n2)n1. The summed E-state index contributed by atoms with van der Waals surface area (Å²) in [5, 5.41) is 15.0. The molecule has 0 radical (unpaired) electrons. The fraction of sp³-hybridized carbons (Fsp3) is 0.619. The van der Waals surface area contributed by atoms with Crippen LogP contribution >= 0.6 is 0 Å². The van der Waals surface area contributed by atoms with Crippen LogP contribution in [0.4, 0.5) is 4.79 Å². The molecule has 30 heavy (non-hydrogen) atoms. The number of urea groups is 1. The molecular formula is C21H30N6O3. The van der Waals surface area contributed by atoms with Crippen molar-refractivity contribution in [2.75, 3.05) is 13.2 Å². The van der Waals surface area contributed by atoms with Gasteiger partial charge in [-0.15, -0.1) is 5.10 Å². The molecule has 2 fully saturated rings. The third-order valence-electron chi connectivity index (χ3n) is 5.93. The van der Waals surface area contributed by atoms with E-state index >= 15 is 0 Å². The summed E-state index contributed by atoms with van der Waals surface area (Å²) >= 11 is 0. The van der Waals surface area contributed by atoms with Gasteiger partial charge in [0.15, 0.2) is 5.82 Å². The summed E-state index contributed by atoms with van der Waals surface area (Å²) in [4.78, 5) is 24.6. The van der Waals surface area contributed by atoms with Gasteiger partial charge in [-0.25, -0.2) is 14.2 Å². The minimum absolute atomic E-state index is 0.0300. The van der Waals surface area contributed by atoms with E-state index in [1.807, 2.05) is 19.9 Å². The summed E-state index contributed by atoms with van der Waals surface area (Å²) < 4.78 is 8.87. The molecule has 3 heterocycles. The molecule has 1 aliphatic heterocycles. The molecule has 2 aromatic heterocycles. The smallest absolute Gasteiger partial charge is 0.315 e. The molecule has 2 aromatic rings. The molecule has 0 bridgehead atoms. The van der Waals surface area contributed by atoms with Crippen molar-refractivity contribution in [1.82, 2.24) is 30.2 Å². The van der Waals surface area contributed by atoms with Crippen LogP contribution in [0, 0.1) is 13.8 Å². The highest BCUT2D eigenvalue weighted by atomic mass is 16.5. The van der Waals surface area contributed by atoms with Gasteiger partial charge in [0.1, 0.15) is 0 Å². The second kappa shape index (κ2) is 8.99. The lowest BCUT2D eigenvalue weighted by molar-refractivity contribution is 0.111. The minimum atomic E-state index is -0.143. The molecule has 1 saturated heterocycles. The van der Waals surface area contributed by atoms with Crippen molar-refractivity contribution in [1.29, 1.82) is 0 Å². The van der Waals surface area contributed by atoms with Crippen molar-refractivity contribution in [3.8, 4) is 5.82 Å². The molecule has 2 aliphatic rings. The van der Waals surface area contributed by atoms with Gasteiger partial charge in [0.25, 0.3) is 5.56 Å². The normalized spacial score (nSPS) is 24.0. The molecule has 2 amide bonds.